The van der Waals surface area contributed by atoms with Crippen molar-refractivity contribution in [3.63, 3.8) is 0 Å². The molecule has 4 heteroatoms. The molecule has 0 atom stereocenters. The second kappa shape index (κ2) is 8.57. The highest BCUT2D eigenvalue weighted by molar-refractivity contribution is 5.79. The largest absolute Gasteiger partial charge is 0.356 e. The number of carbonyl (C=O) groups excluding carboxylic acids is 2. The van der Waals surface area contributed by atoms with Crippen LogP contribution in [0.25, 0.3) is 0 Å². The van der Waals surface area contributed by atoms with Crippen LogP contribution in [0.4, 0.5) is 0 Å². The van der Waals surface area contributed by atoms with E-state index in [9.17, 15) is 9.59 Å². The van der Waals surface area contributed by atoms with Gasteiger partial charge >= 0.3 is 0 Å². The van der Waals surface area contributed by atoms with Gasteiger partial charge in [0.25, 0.3) is 0 Å². The van der Waals surface area contributed by atoms with Crippen molar-refractivity contribution in [2.24, 2.45) is 0 Å². The third-order valence-corrected chi connectivity index (χ3v) is 3.57. The summed E-state index contributed by atoms with van der Waals surface area (Å²) in [5.41, 5.74) is 1.85. The average molecular weight is 304 g/mol. The van der Waals surface area contributed by atoms with Gasteiger partial charge in [-0.2, -0.15) is 0 Å². The smallest absolute Gasteiger partial charge is 0.220 e. The van der Waals surface area contributed by atoms with Gasteiger partial charge in [-0.25, -0.2) is 0 Å². The van der Waals surface area contributed by atoms with Gasteiger partial charge in [-0.05, 0) is 39.2 Å². The van der Waals surface area contributed by atoms with Gasteiger partial charge in [0.1, 0.15) is 0 Å². The van der Waals surface area contributed by atoms with Crippen LogP contribution in [0.3, 0.4) is 0 Å². The van der Waals surface area contributed by atoms with Crippen molar-refractivity contribution in [1.82, 2.24) is 10.6 Å². The molecule has 22 heavy (non-hydrogen) atoms. The Morgan fingerprint density at radius 2 is 1.82 bits per heavy atom. The maximum atomic E-state index is 12.1. The Bertz CT molecular complexity index is 510. The molecular weight excluding hydrogens is 276 g/mol. The van der Waals surface area contributed by atoms with Crippen LogP contribution in [0.1, 0.15) is 57.6 Å². The SMILES string of the molecule is CCCNC(=O)CCCC(=O)NC(C)(C)c1cccc(C)c1. The third-order valence-electron chi connectivity index (χ3n) is 3.57. The second-order valence-electron chi connectivity index (χ2n) is 6.25. The molecule has 1 aromatic carbocycles. The minimum absolute atomic E-state index is 0.0187. The van der Waals surface area contributed by atoms with Crippen molar-refractivity contribution in [3.05, 3.63) is 35.4 Å². The molecule has 0 radical (unpaired) electrons. The minimum atomic E-state index is -0.409. The summed E-state index contributed by atoms with van der Waals surface area (Å²) in [6, 6.07) is 8.14. The molecule has 122 valence electrons. The molecule has 1 aromatic rings. The van der Waals surface area contributed by atoms with Crippen LogP contribution in [0.5, 0.6) is 0 Å². The summed E-state index contributed by atoms with van der Waals surface area (Å²) in [4.78, 5) is 23.6. The predicted molar refractivity (Wildman–Crippen MR) is 89.5 cm³/mol. The first-order valence-corrected chi connectivity index (χ1v) is 8.00. The standard InChI is InChI=1S/C18H28N2O2/c1-5-12-19-16(21)10-7-11-17(22)20-18(3,4)15-9-6-8-14(2)13-15/h6,8-9,13H,5,7,10-12H2,1-4H3,(H,19,21)(H,20,22). The minimum Gasteiger partial charge on any atom is -0.356 e. The molecule has 0 heterocycles. The van der Waals surface area contributed by atoms with Gasteiger partial charge in [0, 0.05) is 19.4 Å². The normalized spacial score (nSPS) is 11.1. The van der Waals surface area contributed by atoms with Gasteiger partial charge < -0.3 is 10.6 Å². The zero-order valence-corrected chi connectivity index (χ0v) is 14.2. The molecule has 0 saturated heterocycles. The van der Waals surface area contributed by atoms with Gasteiger partial charge in [0.15, 0.2) is 0 Å². The van der Waals surface area contributed by atoms with E-state index in [0.29, 0.717) is 25.8 Å². The molecule has 0 unspecified atom stereocenters. The van der Waals surface area contributed by atoms with Crippen LogP contribution in [-0.4, -0.2) is 18.4 Å². The summed E-state index contributed by atoms with van der Waals surface area (Å²) < 4.78 is 0. The lowest BCUT2D eigenvalue weighted by Gasteiger charge is -2.27. The summed E-state index contributed by atoms with van der Waals surface area (Å²) in [5.74, 6) is 0.00221. The molecular formula is C18H28N2O2. The van der Waals surface area contributed by atoms with Crippen LogP contribution in [0, 0.1) is 6.92 Å². The van der Waals surface area contributed by atoms with Crippen LogP contribution >= 0.6 is 0 Å². The van der Waals surface area contributed by atoms with E-state index >= 15 is 0 Å². The van der Waals surface area contributed by atoms with E-state index in [4.69, 9.17) is 0 Å². The van der Waals surface area contributed by atoms with Gasteiger partial charge in [0.05, 0.1) is 5.54 Å². The Morgan fingerprint density at radius 1 is 1.14 bits per heavy atom. The fourth-order valence-corrected chi connectivity index (χ4v) is 2.28. The molecule has 0 aliphatic carbocycles. The Labute approximate surface area is 133 Å². The Morgan fingerprint density at radius 3 is 2.45 bits per heavy atom. The Hall–Kier alpha value is -1.84. The van der Waals surface area contributed by atoms with Gasteiger partial charge in [-0.15, -0.1) is 0 Å². The van der Waals surface area contributed by atoms with E-state index in [2.05, 4.69) is 16.7 Å². The maximum Gasteiger partial charge on any atom is 0.220 e. The number of hydrogen-bond donors (Lipinski definition) is 2. The van der Waals surface area contributed by atoms with Crippen LogP contribution < -0.4 is 10.6 Å². The van der Waals surface area contributed by atoms with Crippen LogP contribution in [0.2, 0.25) is 0 Å². The Kier molecular flexibility index (Phi) is 7.09. The number of nitrogens with one attached hydrogen (secondary N) is 2. The number of carbonyl (C=O) groups is 2. The van der Waals surface area contributed by atoms with Crippen LogP contribution in [0.15, 0.2) is 24.3 Å². The van der Waals surface area contributed by atoms with E-state index in [-0.39, 0.29) is 11.8 Å². The number of benzene rings is 1. The highest BCUT2D eigenvalue weighted by Gasteiger charge is 2.22. The molecule has 0 spiro atoms. The fourth-order valence-electron chi connectivity index (χ4n) is 2.28. The average Bonchev–Trinajstić information content (AvgIpc) is 2.44. The molecule has 0 fully saturated rings. The van der Waals surface area contributed by atoms with Gasteiger partial charge in [0.2, 0.25) is 11.8 Å². The topological polar surface area (TPSA) is 58.2 Å². The van der Waals surface area contributed by atoms with E-state index in [0.717, 1.165) is 12.0 Å². The highest BCUT2D eigenvalue weighted by atomic mass is 16.2. The molecule has 0 aromatic heterocycles. The quantitative estimate of drug-likeness (QED) is 0.775. The number of aryl methyl sites for hydroxylation is 1. The van der Waals surface area contributed by atoms with Crippen molar-refractivity contribution in [3.8, 4) is 0 Å². The Balaban J connectivity index is 2.42. The summed E-state index contributed by atoms with van der Waals surface area (Å²) >= 11 is 0. The first-order chi connectivity index (χ1) is 10.3. The zero-order chi connectivity index (χ0) is 16.6. The van der Waals surface area contributed by atoms with E-state index in [1.54, 1.807) is 0 Å². The summed E-state index contributed by atoms with van der Waals surface area (Å²) in [5, 5.41) is 5.86. The highest BCUT2D eigenvalue weighted by Crippen LogP contribution is 2.21. The van der Waals surface area contributed by atoms with Gasteiger partial charge in [-0.3, -0.25) is 9.59 Å². The summed E-state index contributed by atoms with van der Waals surface area (Å²) in [6.45, 7) is 8.74. The fraction of sp³-hybridized carbons (Fsp3) is 0.556. The van der Waals surface area contributed by atoms with E-state index in [1.165, 1.54) is 5.56 Å². The van der Waals surface area contributed by atoms with Crippen LogP contribution in [-0.2, 0) is 15.1 Å². The lowest BCUT2D eigenvalue weighted by molar-refractivity contribution is -0.123. The van der Waals surface area contributed by atoms with Crippen molar-refractivity contribution >= 4 is 11.8 Å². The molecule has 0 aliphatic rings. The molecule has 1 rings (SSSR count). The van der Waals surface area contributed by atoms with Crippen molar-refractivity contribution in [1.29, 1.82) is 0 Å². The maximum absolute atomic E-state index is 12.1. The van der Waals surface area contributed by atoms with Crippen molar-refractivity contribution in [2.75, 3.05) is 6.54 Å². The van der Waals surface area contributed by atoms with Gasteiger partial charge in [-0.1, -0.05) is 36.8 Å². The monoisotopic (exact) mass is 304 g/mol. The first-order valence-electron chi connectivity index (χ1n) is 8.00. The molecule has 0 bridgehead atoms. The van der Waals surface area contributed by atoms with Crippen molar-refractivity contribution in [2.45, 2.75) is 58.9 Å². The summed E-state index contributed by atoms with van der Waals surface area (Å²) in [6.07, 6.45) is 2.27. The van der Waals surface area contributed by atoms with E-state index < -0.39 is 5.54 Å². The lowest BCUT2D eigenvalue weighted by Crippen LogP contribution is -2.41. The van der Waals surface area contributed by atoms with E-state index in [1.807, 2.05) is 45.9 Å². The molecule has 0 aliphatic heterocycles. The number of rotatable bonds is 8. The van der Waals surface area contributed by atoms with Crippen molar-refractivity contribution < 1.29 is 9.59 Å². The molecule has 0 saturated carbocycles. The number of amides is 2. The molecule has 2 amide bonds. The first kappa shape index (κ1) is 18.2. The second-order valence-corrected chi connectivity index (χ2v) is 6.25. The molecule has 2 N–H and O–H groups in total. The third kappa shape index (κ3) is 6.29. The summed E-state index contributed by atoms with van der Waals surface area (Å²) in [7, 11) is 0. The number of hydrogen-bond acceptors (Lipinski definition) is 2. The molecule has 4 nitrogen and oxygen atoms in total. The lowest BCUT2D eigenvalue weighted by atomic mass is 9.92. The zero-order valence-electron chi connectivity index (χ0n) is 14.2. The predicted octanol–water partition coefficient (Wildman–Crippen LogP) is 3.04.